The molecule has 0 saturated carbocycles. The number of aryl methyl sites for hydroxylation is 1. The monoisotopic (exact) mass is 400 g/mol. The van der Waals surface area contributed by atoms with E-state index in [1.54, 1.807) is 25.3 Å². The molecule has 0 aliphatic rings. The van der Waals surface area contributed by atoms with E-state index in [-0.39, 0.29) is 17.9 Å². The summed E-state index contributed by atoms with van der Waals surface area (Å²) in [5.74, 6) is -1.20. The largest absolute Gasteiger partial charge is 0.461 e. The number of ether oxygens (including phenoxy) is 1. The first kappa shape index (κ1) is 20.6. The van der Waals surface area contributed by atoms with E-state index in [1.165, 1.54) is 10.8 Å². The molecule has 1 heterocycles. The fourth-order valence-corrected chi connectivity index (χ4v) is 2.77. The topological polar surface area (TPSA) is 97.0 Å². The SMILES string of the molecule is CCOC(=O)c1nn(-c2ccccc2)cc1/C=C(/C#N)C(=O)Nc1ccccc1C. The summed E-state index contributed by atoms with van der Waals surface area (Å²) >= 11 is 0. The highest BCUT2D eigenvalue weighted by atomic mass is 16.5. The molecule has 0 radical (unpaired) electrons. The van der Waals surface area contributed by atoms with Crippen molar-refractivity contribution in [2.75, 3.05) is 11.9 Å². The number of para-hydroxylation sites is 2. The first-order chi connectivity index (χ1) is 14.5. The van der Waals surface area contributed by atoms with Gasteiger partial charge in [0, 0.05) is 17.4 Å². The molecule has 0 unspecified atom stereocenters. The Bertz CT molecular complexity index is 1140. The van der Waals surface area contributed by atoms with E-state index in [0.717, 1.165) is 11.3 Å². The number of benzene rings is 2. The lowest BCUT2D eigenvalue weighted by atomic mass is 10.1. The fraction of sp³-hybridized carbons (Fsp3) is 0.130. The molecule has 3 aromatic rings. The summed E-state index contributed by atoms with van der Waals surface area (Å²) in [6.07, 6.45) is 2.92. The highest BCUT2D eigenvalue weighted by Crippen LogP contribution is 2.19. The maximum atomic E-state index is 12.6. The summed E-state index contributed by atoms with van der Waals surface area (Å²) in [5.41, 5.74) is 2.38. The van der Waals surface area contributed by atoms with Gasteiger partial charge in [-0.1, -0.05) is 36.4 Å². The van der Waals surface area contributed by atoms with Crippen LogP contribution in [0.15, 0.2) is 66.4 Å². The van der Waals surface area contributed by atoms with Crippen LogP contribution in [-0.2, 0) is 9.53 Å². The molecule has 0 saturated heterocycles. The first-order valence-electron chi connectivity index (χ1n) is 9.34. The van der Waals surface area contributed by atoms with Crippen LogP contribution in [0.4, 0.5) is 5.69 Å². The molecule has 0 aliphatic heterocycles. The zero-order valence-corrected chi connectivity index (χ0v) is 16.6. The third-order valence-corrected chi connectivity index (χ3v) is 4.29. The van der Waals surface area contributed by atoms with Crippen molar-refractivity contribution in [3.05, 3.63) is 83.2 Å². The number of hydrogen-bond acceptors (Lipinski definition) is 5. The van der Waals surface area contributed by atoms with Gasteiger partial charge < -0.3 is 10.1 Å². The summed E-state index contributed by atoms with van der Waals surface area (Å²) in [6, 6.07) is 18.3. The normalized spacial score (nSPS) is 10.9. The van der Waals surface area contributed by atoms with E-state index in [9.17, 15) is 14.9 Å². The lowest BCUT2D eigenvalue weighted by molar-refractivity contribution is -0.112. The van der Waals surface area contributed by atoms with Crippen LogP contribution >= 0.6 is 0 Å². The van der Waals surface area contributed by atoms with Crippen LogP contribution in [-0.4, -0.2) is 28.3 Å². The smallest absolute Gasteiger partial charge is 0.359 e. The Balaban J connectivity index is 1.99. The molecule has 0 atom stereocenters. The quantitative estimate of drug-likeness (QED) is 0.384. The van der Waals surface area contributed by atoms with Gasteiger partial charge in [0.05, 0.1) is 12.3 Å². The van der Waals surface area contributed by atoms with E-state index in [0.29, 0.717) is 11.3 Å². The maximum Gasteiger partial charge on any atom is 0.359 e. The number of rotatable bonds is 6. The molecule has 0 spiro atoms. The van der Waals surface area contributed by atoms with E-state index in [2.05, 4.69) is 10.4 Å². The average molecular weight is 400 g/mol. The molecule has 2 aromatic carbocycles. The molecule has 1 aromatic heterocycles. The van der Waals surface area contributed by atoms with Crippen molar-refractivity contribution in [3.63, 3.8) is 0 Å². The van der Waals surface area contributed by atoms with Gasteiger partial charge in [-0.25, -0.2) is 9.48 Å². The number of anilines is 1. The number of nitriles is 1. The maximum absolute atomic E-state index is 12.6. The Morgan fingerprint density at radius 3 is 2.53 bits per heavy atom. The Morgan fingerprint density at radius 1 is 1.17 bits per heavy atom. The Kier molecular flexibility index (Phi) is 6.40. The van der Waals surface area contributed by atoms with Gasteiger partial charge in [0.2, 0.25) is 0 Å². The highest BCUT2D eigenvalue weighted by molar-refractivity contribution is 6.10. The number of carbonyl (C=O) groups is 2. The van der Waals surface area contributed by atoms with Crippen LogP contribution < -0.4 is 5.32 Å². The van der Waals surface area contributed by atoms with Crippen molar-refractivity contribution >= 4 is 23.6 Å². The highest BCUT2D eigenvalue weighted by Gasteiger charge is 2.20. The lowest BCUT2D eigenvalue weighted by Crippen LogP contribution is -2.14. The zero-order chi connectivity index (χ0) is 21.5. The molecule has 0 fully saturated rings. The van der Waals surface area contributed by atoms with Gasteiger partial charge in [0.1, 0.15) is 11.6 Å². The molecular formula is C23H20N4O3. The minimum absolute atomic E-state index is 0.0251. The molecule has 1 amide bonds. The van der Waals surface area contributed by atoms with Gasteiger partial charge in [-0.3, -0.25) is 4.79 Å². The van der Waals surface area contributed by atoms with Crippen LogP contribution in [0.2, 0.25) is 0 Å². The van der Waals surface area contributed by atoms with Crippen molar-refractivity contribution in [2.45, 2.75) is 13.8 Å². The Hall–Kier alpha value is -4.18. The summed E-state index contributed by atoms with van der Waals surface area (Å²) in [4.78, 5) is 25.0. The lowest BCUT2D eigenvalue weighted by Gasteiger charge is -2.07. The number of nitrogens with zero attached hydrogens (tertiary/aromatic N) is 3. The molecule has 7 heteroatoms. The van der Waals surface area contributed by atoms with Crippen molar-refractivity contribution in [3.8, 4) is 11.8 Å². The number of nitrogens with one attached hydrogen (secondary N) is 1. The van der Waals surface area contributed by atoms with Crippen LogP contribution in [0.1, 0.15) is 28.5 Å². The molecule has 150 valence electrons. The van der Waals surface area contributed by atoms with Crippen molar-refractivity contribution in [2.24, 2.45) is 0 Å². The number of aromatic nitrogens is 2. The van der Waals surface area contributed by atoms with Crippen molar-refractivity contribution < 1.29 is 14.3 Å². The van der Waals surface area contributed by atoms with Crippen molar-refractivity contribution in [1.82, 2.24) is 9.78 Å². The van der Waals surface area contributed by atoms with Gasteiger partial charge in [-0.2, -0.15) is 10.4 Å². The second-order valence-corrected chi connectivity index (χ2v) is 6.37. The molecule has 3 rings (SSSR count). The van der Waals surface area contributed by atoms with Gasteiger partial charge >= 0.3 is 5.97 Å². The van der Waals surface area contributed by atoms with E-state index < -0.39 is 11.9 Å². The minimum Gasteiger partial charge on any atom is -0.461 e. The van der Waals surface area contributed by atoms with Crippen LogP contribution in [0.5, 0.6) is 0 Å². The first-order valence-corrected chi connectivity index (χ1v) is 9.34. The summed E-state index contributed by atoms with van der Waals surface area (Å²) in [6.45, 7) is 3.73. The zero-order valence-electron chi connectivity index (χ0n) is 16.6. The Morgan fingerprint density at radius 2 is 1.87 bits per heavy atom. The number of amides is 1. The number of hydrogen-bond donors (Lipinski definition) is 1. The summed E-state index contributed by atoms with van der Waals surface area (Å²) in [5, 5.41) is 16.6. The van der Waals surface area contributed by atoms with E-state index in [4.69, 9.17) is 4.74 Å². The predicted molar refractivity (Wildman–Crippen MR) is 113 cm³/mol. The van der Waals surface area contributed by atoms with Crippen LogP contribution in [0.25, 0.3) is 11.8 Å². The number of carbonyl (C=O) groups excluding carboxylic acids is 2. The predicted octanol–water partition coefficient (Wildman–Crippen LogP) is 3.90. The second-order valence-electron chi connectivity index (χ2n) is 6.37. The van der Waals surface area contributed by atoms with Gasteiger partial charge in [0.25, 0.3) is 5.91 Å². The minimum atomic E-state index is -0.630. The van der Waals surface area contributed by atoms with Crippen LogP contribution in [0.3, 0.4) is 0 Å². The van der Waals surface area contributed by atoms with E-state index in [1.807, 2.05) is 55.5 Å². The van der Waals surface area contributed by atoms with Crippen LogP contribution in [0, 0.1) is 18.3 Å². The molecule has 7 nitrogen and oxygen atoms in total. The Labute approximate surface area is 174 Å². The molecule has 0 aliphatic carbocycles. The second kappa shape index (κ2) is 9.34. The third kappa shape index (κ3) is 4.62. The van der Waals surface area contributed by atoms with Gasteiger partial charge in [-0.15, -0.1) is 0 Å². The summed E-state index contributed by atoms with van der Waals surface area (Å²) in [7, 11) is 0. The summed E-state index contributed by atoms with van der Waals surface area (Å²) < 4.78 is 6.58. The molecular weight excluding hydrogens is 380 g/mol. The van der Waals surface area contributed by atoms with Gasteiger partial charge in [-0.05, 0) is 43.7 Å². The third-order valence-electron chi connectivity index (χ3n) is 4.29. The fourth-order valence-electron chi connectivity index (χ4n) is 2.77. The van der Waals surface area contributed by atoms with Gasteiger partial charge in [0.15, 0.2) is 5.69 Å². The standard InChI is InChI=1S/C23H20N4O3/c1-3-30-23(29)21-18(15-27(26-21)19-10-5-4-6-11-19)13-17(14-24)22(28)25-20-12-8-7-9-16(20)2/h4-13,15H,3H2,1-2H3,(H,25,28)/b17-13-. The van der Waals surface area contributed by atoms with Crippen molar-refractivity contribution in [1.29, 1.82) is 5.26 Å². The number of esters is 1. The molecule has 30 heavy (non-hydrogen) atoms. The van der Waals surface area contributed by atoms with E-state index >= 15 is 0 Å². The molecule has 1 N–H and O–H groups in total. The molecule has 0 bridgehead atoms. The average Bonchev–Trinajstić information content (AvgIpc) is 3.18.